The molecule has 0 amide bonds. The number of nitrogens with zero attached hydrogens (tertiary/aromatic N) is 1. The van der Waals surface area contributed by atoms with Crippen molar-refractivity contribution < 1.29 is 9.47 Å². The van der Waals surface area contributed by atoms with Crippen molar-refractivity contribution in [1.29, 1.82) is 0 Å². The standard InChI is InChI=1S/C15H33N3O2/c1-13(2)12-19-10-6-8-17-15(16-5)18-9-7-11-20-14(3)4/h13-14H,6-12H2,1-5H3,(H2,16,17,18). The smallest absolute Gasteiger partial charge is 0.190 e. The normalized spacial score (nSPS) is 12.2. The second-order valence-electron chi connectivity index (χ2n) is 5.52. The Bertz CT molecular complexity index is 243. The van der Waals surface area contributed by atoms with E-state index in [-0.39, 0.29) is 0 Å². The van der Waals surface area contributed by atoms with E-state index in [1.54, 1.807) is 7.05 Å². The Hall–Kier alpha value is -0.810. The van der Waals surface area contributed by atoms with E-state index >= 15 is 0 Å². The molecule has 0 rings (SSSR count). The SMILES string of the molecule is CN=C(NCCCOCC(C)C)NCCCOC(C)C. The quantitative estimate of drug-likeness (QED) is 0.347. The average Bonchev–Trinajstić information content (AvgIpc) is 2.39. The van der Waals surface area contributed by atoms with Crippen molar-refractivity contribution >= 4 is 5.96 Å². The van der Waals surface area contributed by atoms with Crippen molar-refractivity contribution in [3.8, 4) is 0 Å². The molecule has 5 heteroatoms. The lowest BCUT2D eigenvalue weighted by atomic mass is 10.2. The van der Waals surface area contributed by atoms with Gasteiger partial charge in [-0.2, -0.15) is 0 Å². The van der Waals surface area contributed by atoms with Crippen LogP contribution in [0.25, 0.3) is 0 Å². The van der Waals surface area contributed by atoms with E-state index in [9.17, 15) is 0 Å². The zero-order chi connectivity index (χ0) is 15.2. The molecule has 5 nitrogen and oxygen atoms in total. The summed E-state index contributed by atoms with van der Waals surface area (Å²) < 4.78 is 11.0. The summed E-state index contributed by atoms with van der Waals surface area (Å²) in [5, 5.41) is 6.55. The minimum Gasteiger partial charge on any atom is -0.381 e. The summed E-state index contributed by atoms with van der Waals surface area (Å²) in [5.41, 5.74) is 0. The fourth-order valence-electron chi connectivity index (χ4n) is 1.52. The van der Waals surface area contributed by atoms with Crippen LogP contribution in [0.4, 0.5) is 0 Å². The maximum Gasteiger partial charge on any atom is 0.190 e. The predicted octanol–water partition coefficient (Wildman–Crippen LogP) is 2.03. The lowest BCUT2D eigenvalue weighted by Gasteiger charge is -2.13. The molecule has 0 aromatic rings. The number of hydrogen-bond acceptors (Lipinski definition) is 3. The number of aliphatic imine (C=N–C) groups is 1. The molecule has 0 aliphatic carbocycles. The van der Waals surface area contributed by atoms with Crippen LogP contribution >= 0.6 is 0 Å². The van der Waals surface area contributed by atoms with Gasteiger partial charge >= 0.3 is 0 Å². The summed E-state index contributed by atoms with van der Waals surface area (Å²) in [6.07, 6.45) is 2.28. The lowest BCUT2D eigenvalue weighted by molar-refractivity contribution is 0.0776. The summed E-state index contributed by atoms with van der Waals surface area (Å²) >= 11 is 0. The van der Waals surface area contributed by atoms with Crippen molar-refractivity contribution in [1.82, 2.24) is 10.6 Å². The van der Waals surface area contributed by atoms with Crippen LogP contribution < -0.4 is 10.6 Å². The number of ether oxygens (including phenoxy) is 2. The van der Waals surface area contributed by atoms with Crippen LogP contribution in [0.15, 0.2) is 4.99 Å². The first kappa shape index (κ1) is 19.2. The zero-order valence-corrected chi connectivity index (χ0v) is 13.9. The summed E-state index contributed by atoms with van der Waals surface area (Å²) in [6.45, 7) is 12.6. The van der Waals surface area contributed by atoms with Gasteiger partial charge in [0, 0.05) is 40.0 Å². The zero-order valence-electron chi connectivity index (χ0n) is 13.9. The molecule has 0 saturated heterocycles. The Morgan fingerprint density at radius 3 is 2.10 bits per heavy atom. The van der Waals surface area contributed by atoms with Gasteiger partial charge in [-0.1, -0.05) is 13.8 Å². The topological polar surface area (TPSA) is 54.9 Å². The number of guanidine groups is 1. The molecular formula is C15H33N3O2. The molecule has 0 radical (unpaired) electrons. The van der Waals surface area contributed by atoms with Gasteiger partial charge in [-0.3, -0.25) is 4.99 Å². The van der Waals surface area contributed by atoms with Crippen LogP contribution in [-0.2, 0) is 9.47 Å². The molecule has 0 unspecified atom stereocenters. The first-order valence-corrected chi connectivity index (χ1v) is 7.70. The van der Waals surface area contributed by atoms with E-state index in [0.29, 0.717) is 12.0 Å². The van der Waals surface area contributed by atoms with Crippen LogP contribution in [0.2, 0.25) is 0 Å². The van der Waals surface area contributed by atoms with Gasteiger partial charge in [0.25, 0.3) is 0 Å². The van der Waals surface area contributed by atoms with Crippen LogP contribution in [0, 0.1) is 5.92 Å². The van der Waals surface area contributed by atoms with E-state index in [1.807, 2.05) is 0 Å². The fraction of sp³-hybridized carbons (Fsp3) is 0.933. The molecule has 0 aliphatic heterocycles. The van der Waals surface area contributed by atoms with E-state index in [2.05, 4.69) is 43.3 Å². The van der Waals surface area contributed by atoms with Gasteiger partial charge in [0.2, 0.25) is 0 Å². The van der Waals surface area contributed by atoms with Crippen LogP contribution in [0.3, 0.4) is 0 Å². The van der Waals surface area contributed by atoms with Crippen LogP contribution in [0.1, 0.15) is 40.5 Å². The summed E-state index contributed by atoms with van der Waals surface area (Å²) in [4.78, 5) is 4.18. The highest BCUT2D eigenvalue weighted by atomic mass is 16.5. The average molecular weight is 287 g/mol. The van der Waals surface area contributed by atoms with Crippen molar-refractivity contribution in [2.45, 2.75) is 46.6 Å². The molecule has 0 heterocycles. The monoisotopic (exact) mass is 287 g/mol. The molecule has 0 aliphatic rings. The van der Waals surface area contributed by atoms with Gasteiger partial charge in [0.1, 0.15) is 0 Å². The number of hydrogen-bond donors (Lipinski definition) is 2. The molecule has 0 saturated carbocycles. The lowest BCUT2D eigenvalue weighted by Crippen LogP contribution is -2.38. The fourth-order valence-corrected chi connectivity index (χ4v) is 1.52. The summed E-state index contributed by atoms with van der Waals surface area (Å²) in [7, 11) is 1.79. The molecule has 0 aromatic carbocycles. The first-order valence-electron chi connectivity index (χ1n) is 7.70. The van der Waals surface area contributed by atoms with Gasteiger partial charge in [-0.25, -0.2) is 0 Å². The van der Waals surface area contributed by atoms with Crippen molar-refractivity contribution in [2.24, 2.45) is 10.9 Å². The summed E-state index contributed by atoms with van der Waals surface area (Å²) in [5.74, 6) is 1.45. The van der Waals surface area contributed by atoms with Crippen molar-refractivity contribution in [3.63, 3.8) is 0 Å². The molecule has 2 N–H and O–H groups in total. The Kier molecular flexibility index (Phi) is 12.7. The van der Waals surface area contributed by atoms with E-state index in [1.165, 1.54) is 0 Å². The Labute approximate surface area is 124 Å². The second-order valence-corrected chi connectivity index (χ2v) is 5.52. The van der Waals surface area contributed by atoms with Crippen molar-refractivity contribution in [3.05, 3.63) is 0 Å². The molecule has 20 heavy (non-hydrogen) atoms. The van der Waals surface area contributed by atoms with Crippen molar-refractivity contribution in [2.75, 3.05) is 40.0 Å². The number of nitrogens with one attached hydrogen (secondary N) is 2. The molecule has 0 spiro atoms. The maximum atomic E-state index is 5.53. The van der Waals surface area contributed by atoms with E-state index in [4.69, 9.17) is 9.47 Å². The van der Waals surface area contributed by atoms with Crippen LogP contribution in [0.5, 0.6) is 0 Å². The van der Waals surface area contributed by atoms with Gasteiger partial charge in [0.15, 0.2) is 5.96 Å². The van der Waals surface area contributed by atoms with Gasteiger partial charge < -0.3 is 20.1 Å². The third-order valence-corrected chi connectivity index (χ3v) is 2.50. The largest absolute Gasteiger partial charge is 0.381 e. The molecule has 120 valence electrons. The Balaban J connectivity index is 3.44. The summed E-state index contributed by atoms with van der Waals surface area (Å²) in [6, 6.07) is 0. The van der Waals surface area contributed by atoms with Gasteiger partial charge in [-0.05, 0) is 32.6 Å². The number of rotatable bonds is 11. The maximum absolute atomic E-state index is 5.53. The third-order valence-electron chi connectivity index (χ3n) is 2.50. The van der Waals surface area contributed by atoms with Gasteiger partial charge in [-0.15, -0.1) is 0 Å². The van der Waals surface area contributed by atoms with Crippen LogP contribution in [-0.4, -0.2) is 52.0 Å². The Morgan fingerprint density at radius 2 is 1.60 bits per heavy atom. The molecule has 0 fully saturated rings. The second kappa shape index (κ2) is 13.2. The first-order chi connectivity index (χ1) is 9.56. The van der Waals surface area contributed by atoms with E-state index in [0.717, 1.165) is 51.7 Å². The highest BCUT2D eigenvalue weighted by Crippen LogP contribution is 1.93. The molecule has 0 bridgehead atoms. The third kappa shape index (κ3) is 13.6. The minimum atomic E-state index is 0.304. The highest BCUT2D eigenvalue weighted by molar-refractivity contribution is 5.79. The molecule has 0 atom stereocenters. The highest BCUT2D eigenvalue weighted by Gasteiger charge is 1.98. The van der Waals surface area contributed by atoms with E-state index < -0.39 is 0 Å². The minimum absolute atomic E-state index is 0.304. The van der Waals surface area contributed by atoms with Gasteiger partial charge in [0.05, 0.1) is 6.10 Å². The Morgan fingerprint density at radius 1 is 1.00 bits per heavy atom. The predicted molar refractivity (Wildman–Crippen MR) is 85.3 cm³/mol. The molecule has 0 aromatic heterocycles. The molecular weight excluding hydrogens is 254 g/mol.